The van der Waals surface area contributed by atoms with Crippen molar-refractivity contribution in [3.05, 3.63) is 0 Å². The first-order chi connectivity index (χ1) is 5.26. The Labute approximate surface area is 66.7 Å². The Kier molecular flexibility index (Phi) is 5.78. The highest BCUT2D eigenvalue weighted by Gasteiger charge is 2.10. The zero-order valence-corrected chi connectivity index (χ0v) is 7.00. The molecule has 0 aliphatic rings. The molecule has 0 heterocycles. The van der Waals surface area contributed by atoms with Gasteiger partial charge in [-0.3, -0.25) is 9.63 Å². The molecule has 4 nitrogen and oxygen atoms in total. The molecule has 1 amide bonds. The van der Waals surface area contributed by atoms with Gasteiger partial charge < -0.3 is 0 Å². The van der Waals surface area contributed by atoms with Crippen LogP contribution in [0.4, 0.5) is 0 Å². The van der Waals surface area contributed by atoms with Crippen LogP contribution in [-0.4, -0.2) is 30.7 Å². The number of hydroxylamine groups is 2. The van der Waals surface area contributed by atoms with Crippen molar-refractivity contribution in [3.63, 3.8) is 0 Å². The fourth-order valence-electron chi connectivity index (χ4n) is 0.692. The number of rotatable bonds is 5. The molecule has 1 radical (unpaired) electrons. The molecule has 0 aliphatic heterocycles. The third-order valence-corrected chi connectivity index (χ3v) is 1.11. The molecule has 0 aromatic heterocycles. The second-order valence-electron chi connectivity index (χ2n) is 2.06. The molecule has 0 rings (SSSR count). The smallest absolute Gasteiger partial charge is 0.271 e. The molecule has 0 unspecified atom stereocenters. The quantitative estimate of drug-likeness (QED) is 0.553. The molecule has 0 saturated heterocycles. The van der Waals surface area contributed by atoms with Gasteiger partial charge in [-0.05, 0) is 13.3 Å². The van der Waals surface area contributed by atoms with Crippen LogP contribution in [0.2, 0.25) is 0 Å². The van der Waals surface area contributed by atoms with Crippen molar-refractivity contribution in [1.29, 1.82) is 0 Å². The van der Waals surface area contributed by atoms with Crippen LogP contribution in [0.15, 0.2) is 0 Å². The molecule has 0 spiro atoms. The summed E-state index contributed by atoms with van der Waals surface area (Å²) in [5, 5.41) is 11.3. The topological polar surface area (TPSA) is 49.4 Å². The zero-order chi connectivity index (χ0) is 8.69. The minimum absolute atomic E-state index is 0.422. The van der Waals surface area contributed by atoms with E-state index in [-0.39, 0.29) is 0 Å². The van der Waals surface area contributed by atoms with Gasteiger partial charge in [0, 0.05) is 6.54 Å². The highest BCUT2D eigenvalue weighted by molar-refractivity contribution is 5.75. The lowest BCUT2D eigenvalue weighted by molar-refractivity contribution is -0.189. The number of carbonyl (C=O) groups excluding carboxylic acids is 1. The molecule has 65 valence electrons. The number of carbonyl (C=O) groups is 1. The van der Waals surface area contributed by atoms with Gasteiger partial charge in [0.25, 0.3) is 5.91 Å². The molecule has 11 heavy (non-hydrogen) atoms. The van der Waals surface area contributed by atoms with Crippen molar-refractivity contribution in [2.24, 2.45) is 0 Å². The van der Waals surface area contributed by atoms with E-state index in [4.69, 9.17) is 4.84 Å². The fourth-order valence-corrected chi connectivity index (χ4v) is 0.692. The van der Waals surface area contributed by atoms with Crippen LogP contribution in [0, 0.1) is 0 Å². The van der Waals surface area contributed by atoms with E-state index in [2.05, 4.69) is 0 Å². The van der Waals surface area contributed by atoms with Gasteiger partial charge >= 0.3 is 0 Å². The van der Waals surface area contributed by atoms with Crippen LogP contribution < -0.4 is 0 Å². The van der Waals surface area contributed by atoms with E-state index in [9.17, 15) is 9.90 Å². The Hall–Kier alpha value is -0.610. The van der Waals surface area contributed by atoms with Gasteiger partial charge in [0.05, 0.1) is 6.61 Å². The summed E-state index contributed by atoms with van der Waals surface area (Å²) in [6.45, 7) is 3.88. The van der Waals surface area contributed by atoms with Crippen LogP contribution >= 0.6 is 0 Å². The van der Waals surface area contributed by atoms with E-state index >= 15 is 0 Å². The number of nitrogens with zero attached hydrogens (tertiary/aromatic N) is 1. The Bertz CT molecular complexity index is 110. The first-order valence-corrected chi connectivity index (χ1v) is 3.77. The normalized spacial score (nSPS) is 9.73. The lowest BCUT2D eigenvalue weighted by Crippen LogP contribution is -2.33. The van der Waals surface area contributed by atoms with E-state index in [1.54, 1.807) is 6.92 Å². The third kappa shape index (κ3) is 3.95. The van der Waals surface area contributed by atoms with Crippen molar-refractivity contribution in [1.82, 2.24) is 5.06 Å². The average molecular weight is 160 g/mol. The minimum atomic E-state index is -0.736. The average Bonchev–Trinajstić information content (AvgIpc) is 2.03. The van der Waals surface area contributed by atoms with E-state index in [0.717, 1.165) is 11.5 Å². The standard InChI is InChI=1S/C7H14NO3/c1-3-5-8(11-4-2)7(10)6-9/h3-6H2,1-2H3. The summed E-state index contributed by atoms with van der Waals surface area (Å²) in [7, 11) is 0. The fraction of sp³-hybridized carbons (Fsp3) is 0.857. The SMILES string of the molecule is CCCN(OCC)C(=O)C[O]. The summed E-state index contributed by atoms with van der Waals surface area (Å²) in [5.41, 5.74) is 0. The highest BCUT2D eigenvalue weighted by atomic mass is 16.7. The molecule has 0 aromatic rings. The molecule has 0 fully saturated rings. The van der Waals surface area contributed by atoms with Gasteiger partial charge in [-0.2, -0.15) is 0 Å². The molecule has 0 saturated carbocycles. The van der Waals surface area contributed by atoms with Crippen LogP contribution in [0.1, 0.15) is 20.3 Å². The van der Waals surface area contributed by atoms with Crippen LogP contribution in [-0.2, 0) is 14.7 Å². The van der Waals surface area contributed by atoms with Gasteiger partial charge in [-0.15, -0.1) is 0 Å². The predicted molar refractivity (Wildman–Crippen MR) is 39.2 cm³/mol. The molecule has 0 aromatic carbocycles. The van der Waals surface area contributed by atoms with Gasteiger partial charge in [0.15, 0.2) is 6.61 Å². The van der Waals surface area contributed by atoms with Crippen LogP contribution in [0.5, 0.6) is 0 Å². The highest BCUT2D eigenvalue weighted by Crippen LogP contribution is 1.93. The monoisotopic (exact) mass is 160 g/mol. The molecule has 0 N–H and O–H groups in total. The zero-order valence-electron chi connectivity index (χ0n) is 7.00. The van der Waals surface area contributed by atoms with Crippen molar-refractivity contribution < 1.29 is 14.7 Å². The molecule has 0 aliphatic carbocycles. The van der Waals surface area contributed by atoms with E-state index < -0.39 is 12.5 Å². The van der Waals surface area contributed by atoms with E-state index in [1.165, 1.54) is 0 Å². The maximum absolute atomic E-state index is 10.8. The third-order valence-electron chi connectivity index (χ3n) is 1.11. The Morgan fingerprint density at radius 2 is 2.09 bits per heavy atom. The van der Waals surface area contributed by atoms with Gasteiger partial charge in [0.1, 0.15) is 0 Å². The summed E-state index contributed by atoms with van der Waals surface area (Å²) in [6, 6.07) is 0. The van der Waals surface area contributed by atoms with Crippen molar-refractivity contribution in [3.8, 4) is 0 Å². The minimum Gasteiger partial charge on any atom is -0.271 e. The first-order valence-electron chi connectivity index (χ1n) is 3.77. The lowest BCUT2D eigenvalue weighted by atomic mass is 10.4. The summed E-state index contributed by atoms with van der Waals surface area (Å²) >= 11 is 0. The van der Waals surface area contributed by atoms with Crippen molar-refractivity contribution in [2.45, 2.75) is 20.3 Å². The second-order valence-corrected chi connectivity index (χ2v) is 2.06. The van der Waals surface area contributed by atoms with E-state index in [1.807, 2.05) is 6.92 Å². The maximum Gasteiger partial charge on any atom is 0.275 e. The molecular formula is C7H14NO3. The molecule has 0 atom stereocenters. The summed E-state index contributed by atoms with van der Waals surface area (Å²) in [6.07, 6.45) is 0.797. The Morgan fingerprint density at radius 1 is 1.45 bits per heavy atom. The van der Waals surface area contributed by atoms with Crippen LogP contribution in [0.3, 0.4) is 0 Å². The molecule has 0 bridgehead atoms. The Morgan fingerprint density at radius 3 is 2.45 bits per heavy atom. The first kappa shape index (κ1) is 10.4. The largest absolute Gasteiger partial charge is 0.275 e. The van der Waals surface area contributed by atoms with Crippen molar-refractivity contribution >= 4 is 5.91 Å². The van der Waals surface area contributed by atoms with Gasteiger partial charge in [0.2, 0.25) is 0 Å². The number of hydrogen-bond donors (Lipinski definition) is 0. The molecule has 4 heteroatoms. The lowest BCUT2D eigenvalue weighted by Gasteiger charge is -2.18. The summed E-state index contributed by atoms with van der Waals surface area (Å²) < 4.78 is 0. The van der Waals surface area contributed by atoms with Gasteiger partial charge in [-0.1, -0.05) is 6.92 Å². The predicted octanol–water partition coefficient (Wildman–Crippen LogP) is 0.607. The Balaban J connectivity index is 3.76. The summed E-state index contributed by atoms with van der Waals surface area (Å²) in [4.78, 5) is 15.7. The second kappa shape index (κ2) is 6.12. The van der Waals surface area contributed by atoms with Crippen LogP contribution in [0.25, 0.3) is 0 Å². The molecular weight excluding hydrogens is 146 g/mol. The van der Waals surface area contributed by atoms with Gasteiger partial charge in [-0.25, -0.2) is 10.2 Å². The summed E-state index contributed by atoms with van der Waals surface area (Å²) in [5.74, 6) is -0.492. The number of hydrogen-bond acceptors (Lipinski definition) is 2. The van der Waals surface area contributed by atoms with Crippen molar-refractivity contribution in [2.75, 3.05) is 19.8 Å². The van der Waals surface area contributed by atoms with E-state index in [0.29, 0.717) is 13.2 Å². The maximum atomic E-state index is 10.8. The number of amides is 1.